The first-order valence-corrected chi connectivity index (χ1v) is 16.1. The molecule has 1 N–H and O–H groups in total. The van der Waals surface area contributed by atoms with Crippen molar-refractivity contribution in [2.45, 2.75) is 43.8 Å². The van der Waals surface area contributed by atoms with Crippen molar-refractivity contribution in [3.8, 4) is 0 Å². The van der Waals surface area contributed by atoms with E-state index >= 15 is 0 Å². The normalized spacial score (nSPS) is 18.2. The zero-order valence-corrected chi connectivity index (χ0v) is 25.6. The number of nitrogens with zero attached hydrogens (tertiary/aromatic N) is 2. The molecule has 11 heteroatoms. The second-order valence-corrected chi connectivity index (χ2v) is 13.8. The highest BCUT2D eigenvalue weighted by atomic mass is 79.9. The van der Waals surface area contributed by atoms with Crippen molar-refractivity contribution >= 4 is 59.2 Å². The Morgan fingerprint density at radius 3 is 2.35 bits per heavy atom. The molecule has 202 valence electrons. The number of amides is 1. The van der Waals surface area contributed by atoms with E-state index in [9.17, 15) is 13.2 Å². The quantitative estimate of drug-likeness (QED) is 0.429. The van der Waals surface area contributed by atoms with Crippen molar-refractivity contribution in [3.05, 3.63) is 61.0 Å². The molecule has 2 aliphatic heterocycles. The molecule has 2 saturated heterocycles. The van der Waals surface area contributed by atoms with Gasteiger partial charge in [-0.25, -0.2) is 8.42 Å². The third-order valence-corrected chi connectivity index (χ3v) is 10.6. The van der Waals surface area contributed by atoms with E-state index in [4.69, 9.17) is 16.3 Å². The van der Waals surface area contributed by atoms with Gasteiger partial charge in [0.25, 0.3) is 5.91 Å². The minimum Gasteiger partial charge on any atom is -0.381 e. The van der Waals surface area contributed by atoms with Crippen molar-refractivity contribution in [3.63, 3.8) is 0 Å². The van der Waals surface area contributed by atoms with Crippen LogP contribution in [0.15, 0.2) is 44.2 Å². The summed E-state index contributed by atoms with van der Waals surface area (Å²) in [6.45, 7) is 8.27. The number of carbonyl (C=O) groups excluding carboxylic acids is 1. The molecule has 2 heterocycles. The van der Waals surface area contributed by atoms with Crippen LogP contribution in [-0.2, 0) is 27.7 Å². The molecule has 0 saturated carbocycles. The van der Waals surface area contributed by atoms with Gasteiger partial charge in [-0.3, -0.25) is 14.6 Å². The van der Waals surface area contributed by atoms with E-state index in [2.05, 4.69) is 47.0 Å². The smallest absolute Gasteiger partial charge is 0.251 e. The maximum atomic E-state index is 13.0. The molecule has 0 bridgehead atoms. The number of hydrogen-bond acceptors (Lipinski definition) is 6. The van der Waals surface area contributed by atoms with Crippen LogP contribution in [0.5, 0.6) is 0 Å². The van der Waals surface area contributed by atoms with Crippen LogP contribution in [0.4, 0.5) is 0 Å². The molecule has 2 fully saturated rings. The summed E-state index contributed by atoms with van der Waals surface area (Å²) in [5.74, 6) is -0.320. The van der Waals surface area contributed by atoms with Crippen molar-refractivity contribution in [1.29, 1.82) is 0 Å². The molecule has 0 aromatic heterocycles. The van der Waals surface area contributed by atoms with Gasteiger partial charge in [-0.1, -0.05) is 50.4 Å². The molecule has 0 unspecified atom stereocenters. The average molecular weight is 678 g/mol. The number of ether oxygens (including phenoxy) is 1. The summed E-state index contributed by atoms with van der Waals surface area (Å²) in [5, 5.41) is 3.26. The Balaban J connectivity index is 1.38. The second kappa shape index (κ2) is 12.9. The molecule has 0 spiro atoms. The highest BCUT2D eigenvalue weighted by molar-refractivity contribution is 9.11. The Hall–Kier alpha value is -1.01. The number of carbonyl (C=O) groups is 1. The molecule has 1 amide bonds. The minimum absolute atomic E-state index is 0.0263. The first-order chi connectivity index (χ1) is 17.7. The zero-order valence-electron chi connectivity index (χ0n) is 20.8. The fraction of sp³-hybridized carbons (Fsp3) is 0.500. The number of sulfone groups is 1. The number of rotatable bonds is 8. The molecule has 4 rings (SSSR count). The Kier molecular flexibility index (Phi) is 10.1. The first-order valence-electron chi connectivity index (χ1n) is 12.5. The predicted molar refractivity (Wildman–Crippen MR) is 153 cm³/mol. The van der Waals surface area contributed by atoms with Gasteiger partial charge in [0.1, 0.15) is 0 Å². The Labute approximate surface area is 241 Å². The van der Waals surface area contributed by atoms with Gasteiger partial charge in [0.15, 0.2) is 9.84 Å². The summed E-state index contributed by atoms with van der Waals surface area (Å²) >= 11 is 13.4. The highest BCUT2D eigenvalue weighted by Gasteiger charge is 2.26. The van der Waals surface area contributed by atoms with Crippen LogP contribution in [-0.4, -0.2) is 75.3 Å². The van der Waals surface area contributed by atoms with Gasteiger partial charge < -0.3 is 10.1 Å². The second-order valence-electron chi connectivity index (χ2n) is 9.41. The molecule has 2 aromatic carbocycles. The van der Waals surface area contributed by atoms with Gasteiger partial charge >= 0.3 is 0 Å². The Morgan fingerprint density at radius 2 is 1.73 bits per heavy atom. The SMILES string of the molecule is CCS(=O)(=O)c1ccc(Cl)cc1CNC(=O)c1cc(Br)c(CN2CCN(C3CCOCC3)CC2)c(Br)c1. The number of piperazine rings is 1. The van der Waals surface area contributed by atoms with E-state index < -0.39 is 9.84 Å². The van der Waals surface area contributed by atoms with Crippen LogP contribution >= 0.6 is 43.5 Å². The van der Waals surface area contributed by atoms with Gasteiger partial charge in [-0.2, -0.15) is 0 Å². The topological polar surface area (TPSA) is 79.0 Å². The Morgan fingerprint density at radius 1 is 1.08 bits per heavy atom. The molecular formula is C26H32Br2ClN3O4S. The molecule has 0 aliphatic carbocycles. The van der Waals surface area contributed by atoms with Gasteiger partial charge in [-0.05, 0) is 54.3 Å². The van der Waals surface area contributed by atoms with Crippen LogP contribution in [0, 0.1) is 0 Å². The van der Waals surface area contributed by atoms with E-state index in [-0.39, 0.29) is 23.1 Å². The maximum Gasteiger partial charge on any atom is 0.251 e. The number of benzene rings is 2. The molecule has 7 nitrogen and oxygen atoms in total. The van der Waals surface area contributed by atoms with Gasteiger partial charge in [-0.15, -0.1) is 0 Å². The van der Waals surface area contributed by atoms with Crippen LogP contribution in [0.1, 0.15) is 41.3 Å². The van der Waals surface area contributed by atoms with E-state index in [0.717, 1.165) is 73.3 Å². The van der Waals surface area contributed by atoms with E-state index in [0.29, 0.717) is 22.2 Å². The lowest BCUT2D eigenvalue weighted by atomic mass is 10.1. The first kappa shape index (κ1) is 29.0. The van der Waals surface area contributed by atoms with E-state index in [1.165, 1.54) is 6.07 Å². The lowest BCUT2D eigenvalue weighted by molar-refractivity contribution is 0.0125. The molecule has 2 aliphatic rings. The lowest BCUT2D eigenvalue weighted by Gasteiger charge is -2.40. The fourth-order valence-electron chi connectivity index (χ4n) is 4.87. The maximum absolute atomic E-state index is 13.0. The zero-order chi connectivity index (χ0) is 26.6. The van der Waals surface area contributed by atoms with E-state index in [1.54, 1.807) is 19.1 Å². The van der Waals surface area contributed by atoms with Crippen LogP contribution in [0.25, 0.3) is 0 Å². The van der Waals surface area contributed by atoms with Crippen molar-refractivity contribution in [1.82, 2.24) is 15.1 Å². The number of nitrogens with one attached hydrogen (secondary N) is 1. The van der Waals surface area contributed by atoms with E-state index in [1.807, 2.05) is 12.1 Å². The van der Waals surface area contributed by atoms with Crippen molar-refractivity contribution in [2.75, 3.05) is 45.1 Å². The third kappa shape index (κ3) is 7.35. The summed E-state index contributed by atoms with van der Waals surface area (Å²) in [7, 11) is -3.44. The lowest BCUT2D eigenvalue weighted by Crippen LogP contribution is -2.51. The Bertz CT molecular complexity index is 1210. The summed E-state index contributed by atoms with van der Waals surface area (Å²) in [5.41, 5.74) is 2.05. The summed E-state index contributed by atoms with van der Waals surface area (Å²) < 4.78 is 32.1. The summed E-state index contributed by atoms with van der Waals surface area (Å²) in [6.07, 6.45) is 2.24. The largest absolute Gasteiger partial charge is 0.381 e. The summed E-state index contributed by atoms with van der Waals surface area (Å²) in [4.78, 5) is 18.2. The molecular weight excluding hydrogens is 646 g/mol. The van der Waals surface area contributed by atoms with Crippen molar-refractivity contribution in [2.24, 2.45) is 0 Å². The summed E-state index contributed by atoms with van der Waals surface area (Å²) in [6, 6.07) is 8.89. The minimum atomic E-state index is -3.44. The number of hydrogen-bond donors (Lipinski definition) is 1. The standard InChI is InChI=1S/C26H32Br2ClN3O4S/c1-2-37(34,35)25-4-3-20(29)13-19(25)16-30-26(33)18-14-23(27)22(24(28)15-18)17-31-7-9-32(10-8-31)21-5-11-36-12-6-21/h3-4,13-15,21H,2,5-12,16-17H2,1H3,(H,30,33). The van der Waals surface area contributed by atoms with Gasteiger partial charge in [0, 0.05) is 78.1 Å². The van der Waals surface area contributed by atoms with Crippen LogP contribution in [0.2, 0.25) is 5.02 Å². The highest BCUT2D eigenvalue weighted by Crippen LogP contribution is 2.30. The van der Waals surface area contributed by atoms with Crippen LogP contribution in [0.3, 0.4) is 0 Å². The van der Waals surface area contributed by atoms with Crippen molar-refractivity contribution < 1.29 is 17.9 Å². The average Bonchev–Trinajstić information content (AvgIpc) is 2.90. The molecule has 0 radical (unpaired) electrons. The molecule has 0 atom stereocenters. The van der Waals surface area contributed by atoms with Crippen LogP contribution < -0.4 is 5.32 Å². The third-order valence-electron chi connectivity index (χ3n) is 7.08. The van der Waals surface area contributed by atoms with Gasteiger partial charge in [0.05, 0.1) is 10.6 Å². The monoisotopic (exact) mass is 675 g/mol. The fourth-order valence-corrected chi connectivity index (χ4v) is 7.62. The molecule has 2 aromatic rings. The molecule has 37 heavy (non-hydrogen) atoms. The number of halogens is 3. The van der Waals surface area contributed by atoms with Gasteiger partial charge in [0.2, 0.25) is 0 Å². The predicted octanol–water partition coefficient (Wildman–Crippen LogP) is 4.89.